The summed E-state index contributed by atoms with van der Waals surface area (Å²) in [6.07, 6.45) is 1.02. The van der Waals surface area contributed by atoms with E-state index in [1.165, 1.54) is 11.4 Å². The van der Waals surface area contributed by atoms with Crippen LogP contribution < -0.4 is 11.1 Å². The Kier molecular flexibility index (Phi) is 3.58. The van der Waals surface area contributed by atoms with Crippen LogP contribution in [0.25, 0.3) is 4.96 Å². The lowest BCUT2D eigenvalue weighted by atomic mass is 10.3. The monoisotopic (exact) mass is 238 g/mol. The van der Waals surface area contributed by atoms with Crippen molar-refractivity contribution in [1.82, 2.24) is 14.7 Å². The van der Waals surface area contributed by atoms with Crippen LogP contribution in [0.2, 0.25) is 0 Å². The molecule has 0 fully saturated rings. The molecular formula is C11H18N4S. The molecule has 3 N–H and O–H groups in total. The van der Waals surface area contributed by atoms with E-state index in [1.54, 1.807) is 11.3 Å². The van der Waals surface area contributed by atoms with Crippen LogP contribution in [0.15, 0.2) is 5.38 Å². The van der Waals surface area contributed by atoms with Gasteiger partial charge in [-0.1, -0.05) is 0 Å². The maximum Gasteiger partial charge on any atom is 0.194 e. The van der Waals surface area contributed by atoms with Crippen molar-refractivity contribution in [3.8, 4) is 0 Å². The molecule has 0 aliphatic rings. The number of aromatic nitrogens is 2. The minimum Gasteiger partial charge on any atom is -0.330 e. The Morgan fingerprint density at radius 3 is 3.06 bits per heavy atom. The second-order valence-electron chi connectivity index (χ2n) is 3.96. The first-order chi connectivity index (χ1) is 7.74. The van der Waals surface area contributed by atoms with Gasteiger partial charge in [0, 0.05) is 17.6 Å². The van der Waals surface area contributed by atoms with Crippen molar-refractivity contribution in [3.63, 3.8) is 0 Å². The molecule has 0 bridgehead atoms. The molecule has 2 aromatic heterocycles. The van der Waals surface area contributed by atoms with Crippen molar-refractivity contribution in [2.45, 2.75) is 26.8 Å². The topological polar surface area (TPSA) is 55.3 Å². The van der Waals surface area contributed by atoms with Crippen LogP contribution in [0, 0.1) is 13.8 Å². The number of nitrogens with one attached hydrogen (secondary N) is 1. The summed E-state index contributed by atoms with van der Waals surface area (Å²) in [5.41, 5.74) is 9.11. The first-order valence-corrected chi connectivity index (χ1v) is 6.45. The molecule has 0 saturated heterocycles. The summed E-state index contributed by atoms with van der Waals surface area (Å²) >= 11 is 1.70. The maximum absolute atomic E-state index is 5.46. The largest absolute Gasteiger partial charge is 0.330 e. The number of thiazole rings is 1. The normalized spacial score (nSPS) is 11.4. The fraction of sp³-hybridized carbons (Fsp3) is 0.545. The van der Waals surface area contributed by atoms with E-state index in [1.807, 2.05) is 0 Å². The van der Waals surface area contributed by atoms with E-state index in [-0.39, 0.29) is 0 Å². The highest BCUT2D eigenvalue weighted by atomic mass is 32.1. The van der Waals surface area contributed by atoms with Crippen LogP contribution in [0.1, 0.15) is 23.5 Å². The third-order valence-corrected chi connectivity index (χ3v) is 3.62. The van der Waals surface area contributed by atoms with Crippen LogP contribution >= 0.6 is 11.3 Å². The molecule has 0 amide bonds. The van der Waals surface area contributed by atoms with Crippen molar-refractivity contribution in [1.29, 1.82) is 0 Å². The zero-order valence-electron chi connectivity index (χ0n) is 9.79. The van der Waals surface area contributed by atoms with E-state index in [0.29, 0.717) is 0 Å². The fourth-order valence-electron chi connectivity index (χ4n) is 1.81. The number of hydrogen-bond acceptors (Lipinski definition) is 4. The number of nitrogens with zero attached hydrogens (tertiary/aromatic N) is 2. The Balaban J connectivity index is 2.15. The zero-order chi connectivity index (χ0) is 11.5. The van der Waals surface area contributed by atoms with Crippen LogP contribution in [0.4, 0.5) is 0 Å². The third kappa shape index (κ3) is 2.11. The third-order valence-electron chi connectivity index (χ3n) is 2.68. The Labute approximate surface area is 99.5 Å². The van der Waals surface area contributed by atoms with Crippen molar-refractivity contribution < 1.29 is 0 Å². The van der Waals surface area contributed by atoms with Gasteiger partial charge < -0.3 is 11.1 Å². The molecule has 0 aromatic carbocycles. The summed E-state index contributed by atoms with van der Waals surface area (Å²) in [4.78, 5) is 5.64. The number of hydrogen-bond donors (Lipinski definition) is 2. The molecule has 88 valence electrons. The van der Waals surface area contributed by atoms with Crippen LogP contribution in [-0.4, -0.2) is 22.5 Å². The van der Waals surface area contributed by atoms with Gasteiger partial charge in [0.15, 0.2) is 4.96 Å². The van der Waals surface area contributed by atoms with Gasteiger partial charge in [0.2, 0.25) is 0 Å². The second kappa shape index (κ2) is 4.95. The van der Waals surface area contributed by atoms with Gasteiger partial charge in [0.05, 0.1) is 11.4 Å². The first kappa shape index (κ1) is 11.6. The lowest BCUT2D eigenvalue weighted by Gasteiger charge is -2.05. The van der Waals surface area contributed by atoms with E-state index in [4.69, 9.17) is 5.73 Å². The molecular weight excluding hydrogens is 220 g/mol. The van der Waals surface area contributed by atoms with Crippen LogP contribution in [-0.2, 0) is 6.54 Å². The number of fused-ring (bicyclic) bond motifs is 1. The van der Waals surface area contributed by atoms with Gasteiger partial charge in [-0.25, -0.2) is 4.98 Å². The van der Waals surface area contributed by atoms with Crippen LogP contribution in [0.5, 0.6) is 0 Å². The molecule has 0 atom stereocenters. The summed E-state index contributed by atoms with van der Waals surface area (Å²) in [7, 11) is 0. The lowest BCUT2D eigenvalue weighted by Crippen LogP contribution is -2.19. The number of rotatable bonds is 5. The molecule has 2 heterocycles. The van der Waals surface area contributed by atoms with Gasteiger partial charge in [0.25, 0.3) is 0 Å². The molecule has 0 saturated carbocycles. The van der Waals surface area contributed by atoms with E-state index >= 15 is 0 Å². The molecule has 2 rings (SSSR count). The van der Waals surface area contributed by atoms with E-state index in [9.17, 15) is 0 Å². The zero-order valence-corrected chi connectivity index (χ0v) is 10.6. The van der Waals surface area contributed by atoms with Crippen molar-refractivity contribution >= 4 is 16.3 Å². The minimum absolute atomic E-state index is 0.741. The van der Waals surface area contributed by atoms with Gasteiger partial charge in [-0.15, -0.1) is 11.3 Å². The van der Waals surface area contributed by atoms with Crippen molar-refractivity contribution in [3.05, 3.63) is 22.5 Å². The quantitative estimate of drug-likeness (QED) is 0.775. The smallest absolute Gasteiger partial charge is 0.194 e. The second-order valence-corrected chi connectivity index (χ2v) is 4.79. The first-order valence-electron chi connectivity index (χ1n) is 5.57. The SMILES string of the molecule is Cc1nc2scc(C)n2c1CNCCCN. The van der Waals surface area contributed by atoms with Crippen LogP contribution in [0.3, 0.4) is 0 Å². The molecule has 0 aliphatic carbocycles. The summed E-state index contributed by atoms with van der Waals surface area (Å²) in [6.45, 7) is 6.76. The highest BCUT2D eigenvalue weighted by Crippen LogP contribution is 2.20. The average Bonchev–Trinajstić information content (AvgIpc) is 2.75. The standard InChI is InChI=1S/C11H18N4S/c1-8-7-16-11-14-9(2)10(15(8)11)6-13-5-3-4-12/h7,13H,3-6,12H2,1-2H3. The lowest BCUT2D eigenvalue weighted by molar-refractivity contribution is 0.640. The van der Waals surface area contributed by atoms with Gasteiger partial charge in [-0.3, -0.25) is 4.40 Å². The Hall–Kier alpha value is -0.910. The molecule has 4 nitrogen and oxygen atoms in total. The fourth-order valence-corrected chi connectivity index (χ4v) is 2.74. The highest BCUT2D eigenvalue weighted by molar-refractivity contribution is 7.15. The Morgan fingerprint density at radius 1 is 1.50 bits per heavy atom. The Bertz CT molecular complexity index is 471. The van der Waals surface area contributed by atoms with Gasteiger partial charge in [-0.05, 0) is 33.4 Å². The summed E-state index contributed by atoms with van der Waals surface area (Å²) in [5.74, 6) is 0. The number of imidazole rings is 1. The molecule has 2 aromatic rings. The number of nitrogens with two attached hydrogens (primary N) is 1. The van der Waals surface area contributed by atoms with Crippen molar-refractivity contribution in [2.24, 2.45) is 5.73 Å². The summed E-state index contributed by atoms with van der Waals surface area (Å²) < 4.78 is 2.23. The highest BCUT2D eigenvalue weighted by Gasteiger charge is 2.11. The molecule has 5 heteroatoms. The van der Waals surface area contributed by atoms with Gasteiger partial charge >= 0.3 is 0 Å². The van der Waals surface area contributed by atoms with E-state index in [0.717, 1.165) is 36.7 Å². The molecule has 0 aliphatic heterocycles. The average molecular weight is 238 g/mol. The predicted octanol–water partition coefficient (Wildman–Crippen LogP) is 1.45. The van der Waals surface area contributed by atoms with Gasteiger partial charge in [-0.2, -0.15) is 0 Å². The number of aryl methyl sites for hydroxylation is 2. The van der Waals surface area contributed by atoms with Crippen molar-refractivity contribution in [2.75, 3.05) is 13.1 Å². The van der Waals surface area contributed by atoms with E-state index in [2.05, 4.69) is 33.9 Å². The maximum atomic E-state index is 5.46. The Morgan fingerprint density at radius 2 is 2.31 bits per heavy atom. The molecule has 16 heavy (non-hydrogen) atoms. The minimum atomic E-state index is 0.741. The summed E-state index contributed by atoms with van der Waals surface area (Å²) in [5, 5.41) is 5.55. The predicted molar refractivity (Wildman–Crippen MR) is 67.9 cm³/mol. The van der Waals surface area contributed by atoms with E-state index < -0.39 is 0 Å². The molecule has 0 unspecified atom stereocenters. The van der Waals surface area contributed by atoms with Gasteiger partial charge in [0.1, 0.15) is 0 Å². The molecule has 0 radical (unpaired) electrons. The molecule has 0 spiro atoms. The summed E-state index contributed by atoms with van der Waals surface area (Å²) in [6, 6.07) is 0.